The molecule has 3 aliphatic rings. The van der Waals surface area contributed by atoms with Gasteiger partial charge in [0.2, 0.25) is 0 Å². The fraction of sp³-hybridized carbons (Fsp3) is 0.476. The van der Waals surface area contributed by atoms with Crippen molar-refractivity contribution in [1.82, 2.24) is 15.3 Å². The number of aryl methyl sites for hydroxylation is 1. The zero-order chi connectivity index (χ0) is 19.3. The van der Waals surface area contributed by atoms with Crippen LogP contribution in [0.2, 0.25) is 0 Å². The van der Waals surface area contributed by atoms with Crippen LogP contribution < -0.4 is 10.2 Å². The Labute approximate surface area is 163 Å². The number of nitrogens with zero attached hydrogens (tertiary/aromatic N) is 3. The molecule has 0 unspecified atom stereocenters. The highest BCUT2D eigenvalue weighted by Gasteiger charge is 2.63. The number of rotatable bonds is 4. The molecule has 5 heterocycles. The van der Waals surface area contributed by atoms with Gasteiger partial charge in [-0.1, -0.05) is 6.07 Å². The van der Waals surface area contributed by atoms with Crippen molar-refractivity contribution in [3.05, 3.63) is 53.7 Å². The number of carbonyl (C=O) groups excluding carboxylic acids is 1. The molecular weight excluding hydrogens is 359 g/mol. The molecule has 5 rings (SSSR count). The molecule has 146 valence electrons. The quantitative estimate of drug-likeness (QED) is 0.879. The minimum atomic E-state index is -0.302. The van der Waals surface area contributed by atoms with Crippen LogP contribution in [0.3, 0.4) is 0 Å². The van der Waals surface area contributed by atoms with E-state index in [0.29, 0.717) is 31.1 Å². The van der Waals surface area contributed by atoms with Crippen LogP contribution in [0, 0.1) is 24.6 Å². The first-order valence-corrected chi connectivity index (χ1v) is 9.80. The molecule has 1 N–H and O–H groups in total. The standard InChI is InChI=1S/C21H23FN4O2/c1-13-4-2-8-23-18(13)20(27)25-10-14-15-11-26(19-16(22)5-3-9-24-19)12-21(15)7-6-17(14)28-21/h2-5,8-9,14-15,17H,6-7,10-12H2,1H3,(H,25,27)/t14-,15+,17+,21+/m0/s1. The Kier molecular flexibility index (Phi) is 4.08. The molecule has 3 saturated heterocycles. The fourth-order valence-electron chi connectivity index (χ4n) is 5.25. The molecule has 0 saturated carbocycles. The van der Waals surface area contributed by atoms with Crippen LogP contribution in [0.25, 0.3) is 0 Å². The van der Waals surface area contributed by atoms with Crippen LogP contribution in [0.1, 0.15) is 28.9 Å². The highest BCUT2D eigenvalue weighted by Crippen LogP contribution is 2.55. The lowest BCUT2D eigenvalue weighted by atomic mass is 9.73. The monoisotopic (exact) mass is 382 g/mol. The van der Waals surface area contributed by atoms with Gasteiger partial charge in [0.25, 0.3) is 5.91 Å². The van der Waals surface area contributed by atoms with E-state index >= 15 is 0 Å². The van der Waals surface area contributed by atoms with E-state index in [0.717, 1.165) is 18.4 Å². The first kappa shape index (κ1) is 17.6. The molecule has 2 aromatic rings. The number of pyridine rings is 2. The normalized spacial score (nSPS) is 30.5. The lowest BCUT2D eigenvalue weighted by Crippen LogP contribution is -2.42. The van der Waals surface area contributed by atoms with Crippen LogP contribution in [0.15, 0.2) is 36.7 Å². The van der Waals surface area contributed by atoms with Gasteiger partial charge in [-0.3, -0.25) is 9.78 Å². The van der Waals surface area contributed by atoms with E-state index in [4.69, 9.17) is 4.74 Å². The fourth-order valence-corrected chi connectivity index (χ4v) is 5.25. The number of hydrogen-bond donors (Lipinski definition) is 1. The minimum Gasteiger partial charge on any atom is -0.369 e. The number of amides is 1. The number of fused-ring (bicyclic) bond motifs is 1. The molecule has 1 amide bonds. The van der Waals surface area contributed by atoms with Crippen LogP contribution in [0.4, 0.5) is 10.2 Å². The van der Waals surface area contributed by atoms with Gasteiger partial charge in [0.1, 0.15) is 5.69 Å². The van der Waals surface area contributed by atoms with E-state index in [1.54, 1.807) is 18.5 Å². The second-order valence-electron chi connectivity index (χ2n) is 8.10. The molecule has 2 bridgehead atoms. The number of halogens is 1. The maximum absolute atomic E-state index is 14.2. The van der Waals surface area contributed by atoms with Crippen molar-refractivity contribution in [2.45, 2.75) is 31.5 Å². The van der Waals surface area contributed by atoms with E-state index in [-0.39, 0.29) is 35.3 Å². The molecule has 0 aliphatic carbocycles. The Balaban J connectivity index is 1.31. The molecule has 3 aliphatic heterocycles. The van der Waals surface area contributed by atoms with Gasteiger partial charge < -0.3 is 15.0 Å². The van der Waals surface area contributed by atoms with Gasteiger partial charge in [0, 0.05) is 43.9 Å². The first-order valence-electron chi connectivity index (χ1n) is 9.80. The van der Waals surface area contributed by atoms with Gasteiger partial charge in [-0.25, -0.2) is 9.37 Å². The van der Waals surface area contributed by atoms with E-state index in [2.05, 4.69) is 15.3 Å². The van der Waals surface area contributed by atoms with Crippen LogP contribution in [0.5, 0.6) is 0 Å². The van der Waals surface area contributed by atoms with Crippen molar-refractivity contribution in [2.24, 2.45) is 11.8 Å². The lowest BCUT2D eigenvalue weighted by Gasteiger charge is -2.29. The van der Waals surface area contributed by atoms with Gasteiger partial charge in [0.05, 0.1) is 11.7 Å². The molecule has 0 radical (unpaired) electrons. The maximum atomic E-state index is 14.2. The summed E-state index contributed by atoms with van der Waals surface area (Å²) in [5.41, 5.74) is 1.08. The van der Waals surface area contributed by atoms with Gasteiger partial charge in [0.15, 0.2) is 11.6 Å². The number of ether oxygens (including phenoxy) is 1. The number of aromatic nitrogens is 2. The number of hydrogen-bond acceptors (Lipinski definition) is 5. The van der Waals surface area contributed by atoms with Crippen LogP contribution in [-0.4, -0.2) is 47.2 Å². The second-order valence-corrected chi connectivity index (χ2v) is 8.10. The van der Waals surface area contributed by atoms with Crippen molar-refractivity contribution in [1.29, 1.82) is 0 Å². The summed E-state index contributed by atoms with van der Waals surface area (Å²) >= 11 is 0. The molecular formula is C21H23FN4O2. The van der Waals surface area contributed by atoms with Crippen molar-refractivity contribution in [3.63, 3.8) is 0 Å². The Morgan fingerprint density at radius 3 is 3.00 bits per heavy atom. The summed E-state index contributed by atoms with van der Waals surface area (Å²) in [4.78, 5) is 23.0. The Hall–Kier alpha value is -2.54. The summed E-state index contributed by atoms with van der Waals surface area (Å²) in [5.74, 6) is 0.422. The van der Waals surface area contributed by atoms with Gasteiger partial charge >= 0.3 is 0 Å². The van der Waals surface area contributed by atoms with Gasteiger partial charge in [-0.15, -0.1) is 0 Å². The third kappa shape index (κ3) is 2.68. The zero-order valence-corrected chi connectivity index (χ0v) is 15.8. The van der Waals surface area contributed by atoms with E-state index in [1.807, 2.05) is 24.0 Å². The Morgan fingerprint density at radius 2 is 2.18 bits per heavy atom. The molecule has 28 heavy (non-hydrogen) atoms. The van der Waals surface area contributed by atoms with E-state index in [9.17, 15) is 9.18 Å². The summed E-state index contributed by atoms with van der Waals surface area (Å²) in [6.45, 7) is 3.79. The number of carbonyl (C=O) groups is 1. The molecule has 1 spiro atoms. The second kappa shape index (κ2) is 6.51. The molecule has 0 aromatic carbocycles. The van der Waals surface area contributed by atoms with E-state index < -0.39 is 0 Å². The van der Waals surface area contributed by atoms with Gasteiger partial charge in [-0.05, 0) is 43.5 Å². The number of anilines is 1. The highest BCUT2D eigenvalue weighted by atomic mass is 19.1. The van der Waals surface area contributed by atoms with Crippen LogP contribution in [-0.2, 0) is 4.74 Å². The number of nitrogens with one attached hydrogen (secondary N) is 1. The molecule has 4 atom stereocenters. The summed E-state index contributed by atoms with van der Waals surface area (Å²) in [7, 11) is 0. The smallest absolute Gasteiger partial charge is 0.270 e. The average Bonchev–Trinajstić information content (AvgIpc) is 3.35. The zero-order valence-electron chi connectivity index (χ0n) is 15.8. The predicted molar refractivity (Wildman–Crippen MR) is 102 cm³/mol. The van der Waals surface area contributed by atoms with Crippen molar-refractivity contribution < 1.29 is 13.9 Å². The van der Waals surface area contributed by atoms with Crippen molar-refractivity contribution >= 4 is 11.7 Å². The average molecular weight is 382 g/mol. The molecule has 6 nitrogen and oxygen atoms in total. The lowest BCUT2D eigenvalue weighted by molar-refractivity contribution is 0.0141. The first-order chi connectivity index (χ1) is 13.6. The van der Waals surface area contributed by atoms with Crippen molar-refractivity contribution in [3.8, 4) is 0 Å². The predicted octanol–water partition coefficient (Wildman–Crippen LogP) is 2.34. The third-order valence-electron chi connectivity index (χ3n) is 6.55. The van der Waals surface area contributed by atoms with E-state index in [1.165, 1.54) is 6.07 Å². The Bertz CT molecular complexity index is 923. The molecule has 7 heteroatoms. The van der Waals surface area contributed by atoms with Crippen LogP contribution >= 0.6 is 0 Å². The Morgan fingerprint density at radius 1 is 1.36 bits per heavy atom. The summed E-state index contributed by atoms with van der Waals surface area (Å²) in [5, 5.41) is 3.05. The summed E-state index contributed by atoms with van der Waals surface area (Å²) < 4.78 is 20.6. The SMILES string of the molecule is Cc1cccnc1C(=O)NC[C@H]1[C@H]2CN(c3ncccc3F)C[C@]23CC[C@H]1O3. The summed E-state index contributed by atoms with van der Waals surface area (Å²) in [6, 6.07) is 6.75. The topological polar surface area (TPSA) is 67.4 Å². The molecule has 3 fully saturated rings. The van der Waals surface area contributed by atoms with Crippen molar-refractivity contribution in [2.75, 3.05) is 24.5 Å². The third-order valence-corrected chi connectivity index (χ3v) is 6.55. The minimum absolute atomic E-state index is 0.152. The van der Waals surface area contributed by atoms with Gasteiger partial charge in [-0.2, -0.15) is 0 Å². The maximum Gasteiger partial charge on any atom is 0.270 e. The molecule has 2 aromatic heterocycles. The largest absolute Gasteiger partial charge is 0.369 e. The summed E-state index contributed by atoms with van der Waals surface area (Å²) in [6.07, 6.45) is 5.38. The highest BCUT2D eigenvalue weighted by molar-refractivity contribution is 5.93.